The number of carbonyl (C=O) groups excluding carboxylic acids is 1. The van der Waals surface area contributed by atoms with Gasteiger partial charge < -0.3 is 15.5 Å². The Bertz CT molecular complexity index is 535. The van der Waals surface area contributed by atoms with Gasteiger partial charge in [-0.25, -0.2) is 9.38 Å². The molecule has 0 aliphatic rings. The van der Waals surface area contributed by atoms with Crippen molar-refractivity contribution in [3.8, 4) is 0 Å². The SMILES string of the molecule is CC(C)CNC(=NCC(=O)N(C)C)NCCc1cccc(F)c1.I. The Morgan fingerprint density at radius 1 is 1.29 bits per heavy atom. The van der Waals surface area contributed by atoms with E-state index in [1.165, 1.54) is 17.0 Å². The minimum absolute atomic E-state index is 0. The molecule has 5 nitrogen and oxygen atoms in total. The summed E-state index contributed by atoms with van der Waals surface area (Å²) in [6, 6.07) is 6.54. The zero-order valence-electron chi connectivity index (χ0n) is 14.8. The number of nitrogens with one attached hydrogen (secondary N) is 2. The zero-order chi connectivity index (χ0) is 17.2. The van der Waals surface area contributed by atoms with Crippen LogP contribution >= 0.6 is 24.0 Å². The first-order chi connectivity index (χ1) is 10.9. The van der Waals surface area contributed by atoms with E-state index in [1.807, 2.05) is 6.07 Å². The van der Waals surface area contributed by atoms with Crippen LogP contribution in [0.4, 0.5) is 4.39 Å². The van der Waals surface area contributed by atoms with Crippen LogP contribution in [0.2, 0.25) is 0 Å². The van der Waals surface area contributed by atoms with Gasteiger partial charge in [-0.05, 0) is 30.0 Å². The van der Waals surface area contributed by atoms with Gasteiger partial charge in [-0.2, -0.15) is 0 Å². The maximum absolute atomic E-state index is 13.1. The second kappa shape index (κ2) is 12.0. The Labute approximate surface area is 161 Å². The van der Waals surface area contributed by atoms with Crippen molar-refractivity contribution >= 4 is 35.8 Å². The van der Waals surface area contributed by atoms with E-state index in [1.54, 1.807) is 20.2 Å². The van der Waals surface area contributed by atoms with E-state index in [-0.39, 0.29) is 42.2 Å². The van der Waals surface area contributed by atoms with Gasteiger partial charge >= 0.3 is 0 Å². The molecular formula is C17H28FIN4O. The largest absolute Gasteiger partial charge is 0.356 e. The number of likely N-dealkylation sites (N-methyl/N-ethyl adjacent to an activating group) is 1. The Kier molecular flexibility index (Phi) is 11.4. The molecule has 0 bridgehead atoms. The summed E-state index contributed by atoms with van der Waals surface area (Å²) in [7, 11) is 3.41. The van der Waals surface area contributed by atoms with Gasteiger partial charge in [0.2, 0.25) is 5.91 Å². The molecule has 1 aromatic rings. The number of nitrogens with zero attached hydrogens (tertiary/aromatic N) is 2. The number of halogens is 2. The first-order valence-corrected chi connectivity index (χ1v) is 7.85. The Morgan fingerprint density at radius 2 is 2.00 bits per heavy atom. The molecule has 0 saturated heterocycles. The Morgan fingerprint density at radius 3 is 2.58 bits per heavy atom. The summed E-state index contributed by atoms with van der Waals surface area (Å²) in [5.41, 5.74) is 0.921. The molecule has 0 unspecified atom stereocenters. The summed E-state index contributed by atoms with van der Waals surface area (Å²) in [4.78, 5) is 17.4. The Balaban J connectivity index is 0.00000529. The van der Waals surface area contributed by atoms with Crippen LogP contribution in [0.3, 0.4) is 0 Å². The van der Waals surface area contributed by atoms with E-state index in [0.717, 1.165) is 12.1 Å². The van der Waals surface area contributed by atoms with E-state index in [9.17, 15) is 9.18 Å². The minimum Gasteiger partial charge on any atom is -0.356 e. The highest BCUT2D eigenvalue weighted by atomic mass is 127. The molecule has 0 spiro atoms. The summed E-state index contributed by atoms with van der Waals surface area (Å²) in [5, 5.41) is 6.39. The van der Waals surface area contributed by atoms with Crippen molar-refractivity contribution in [2.45, 2.75) is 20.3 Å². The number of hydrogen-bond acceptors (Lipinski definition) is 2. The highest BCUT2D eigenvalue weighted by molar-refractivity contribution is 14.0. The smallest absolute Gasteiger partial charge is 0.243 e. The van der Waals surface area contributed by atoms with Crippen molar-refractivity contribution in [3.63, 3.8) is 0 Å². The number of benzene rings is 1. The predicted molar refractivity (Wildman–Crippen MR) is 107 cm³/mol. The van der Waals surface area contributed by atoms with E-state index in [4.69, 9.17) is 0 Å². The van der Waals surface area contributed by atoms with Crippen LogP contribution in [0.5, 0.6) is 0 Å². The normalized spacial score (nSPS) is 11.0. The van der Waals surface area contributed by atoms with Crippen LogP contribution in [-0.4, -0.2) is 50.5 Å². The van der Waals surface area contributed by atoms with E-state index in [0.29, 0.717) is 24.8 Å². The molecule has 1 rings (SSSR count). The molecule has 0 atom stereocenters. The van der Waals surface area contributed by atoms with Gasteiger partial charge in [0.15, 0.2) is 5.96 Å². The number of amides is 1. The van der Waals surface area contributed by atoms with Gasteiger partial charge in [0.1, 0.15) is 12.4 Å². The maximum atomic E-state index is 13.1. The van der Waals surface area contributed by atoms with Crippen molar-refractivity contribution in [2.75, 3.05) is 33.7 Å². The van der Waals surface area contributed by atoms with E-state index >= 15 is 0 Å². The summed E-state index contributed by atoms with van der Waals surface area (Å²) < 4.78 is 13.1. The van der Waals surface area contributed by atoms with E-state index in [2.05, 4.69) is 29.5 Å². The molecule has 1 amide bonds. The molecule has 0 aliphatic heterocycles. The van der Waals surface area contributed by atoms with Crippen molar-refractivity contribution in [1.82, 2.24) is 15.5 Å². The lowest BCUT2D eigenvalue weighted by molar-refractivity contribution is -0.127. The second-order valence-corrected chi connectivity index (χ2v) is 6.03. The average molecular weight is 450 g/mol. The second-order valence-electron chi connectivity index (χ2n) is 6.03. The van der Waals surface area contributed by atoms with Crippen LogP contribution in [-0.2, 0) is 11.2 Å². The fourth-order valence-corrected chi connectivity index (χ4v) is 1.78. The Hall–Kier alpha value is -1.38. The molecular weight excluding hydrogens is 422 g/mol. The van der Waals surface area contributed by atoms with Gasteiger partial charge in [0.25, 0.3) is 0 Å². The van der Waals surface area contributed by atoms with Crippen molar-refractivity contribution in [3.05, 3.63) is 35.6 Å². The van der Waals surface area contributed by atoms with Gasteiger partial charge in [0.05, 0.1) is 0 Å². The lowest BCUT2D eigenvalue weighted by Crippen LogP contribution is -2.41. The lowest BCUT2D eigenvalue weighted by atomic mass is 10.1. The minimum atomic E-state index is -0.231. The van der Waals surface area contributed by atoms with Gasteiger partial charge in [-0.15, -0.1) is 24.0 Å². The fraction of sp³-hybridized carbons (Fsp3) is 0.529. The highest BCUT2D eigenvalue weighted by Crippen LogP contribution is 2.03. The van der Waals surface area contributed by atoms with Crippen LogP contribution in [0.25, 0.3) is 0 Å². The molecule has 0 fully saturated rings. The van der Waals surface area contributed by atoms with E-state index < -0.39 is 0 Å². The number of guanidine groups is 1. The monoisotopic (exact) mass is 450 g/mol. The van der Waals surface area contributed by atoms with Crippen LogP contribution in [0.15, 0.2) is 29.3 Å². The first kappa shape index (κ1) is 22.6. The predicted octanol–water partition coefficient (Wildman–Crippen LogP) is 2.27. The van der Waals surface area contributed by atoms with Crippen LogP contribution in [0.1, 0.15) is 19.4 Å². The van der Waals surface area contributed by atoms with Crippen molar-refractivity contribution < 1.29 is 9.18 Å². The summed E-state index contributed by atoms with van der Waals surface area (Å²) in [5.74, 6) is 0.784. The summed E-state index contributed by atoms with van der Waals surface area (Å²) in [6.07, 6.45) is 0.682. The highest BCUT2D eigenvalue weighted by Gasteiger charge is 2.05. The molecule has 0 radical (unpaired) electrons. The number of carbonyl (C=O) groups is 1. The molecule has 0 aliphatic carbocycles. The number of hydrogen-bond donors (Lipinski definition) is 2. The summed E-state index contributed by atoms with van der Waals surface area (Å²) in [6.45, 7) is 5.68. The molecule has 7 heteroatoms. The third-order valence-corrected chi connectivity index (χ3v) is 3.14. The van der Waals surface area contributed by atoms with Gasteiger partial charge in [-0.1, -0.05) is 26.0 Å². The molecule has 1 aromatic carbocycles. The third kappa shape index (κ3) is 9.69. The molecule has 0 saturated carbocycles. The quantitative estimate of drug-likeness (QED) is 0.381. The lowest BCUT2D eigenvalue weighted by Gasteiger charge is -2.15. The van der Waals surface area contributed by atoms with Crippen molar-refractivity contribution in [2.24, 2.45) is 10.9 Å². The van der Waals surface area contributed by atoms with Gasteiger partial charge in [0, 0.05) is 27.2 Å². The van der Waals surface area contributed by atoms with Gasteiger partial charge in [-0.3, -0.25) is 4.79 Å². The van der Waals surface area contributed by atoms with Crippen LogP contribution < -0.4 is 10.6 Å². The standard InChI is InChI=1S/C17H27FN4O.HI/c1-13(2)11-20-17(21-12-16(23)22(3)4)19-9-8-14-6-5-7-15(18)10-14;/h5-7,10,13H,8-9,11-12H2,1-4H3,(H2,19,20,21);1H. The third-order valence-electron chi connectivity index (χ3n) is 3.14. The number of rotatable bonds is 7. The zero-order valence-corrected chi connectivity index (χ0v) is 17.1. The molecule has 0 aromatic heterocycles. The first-order valence-electron chi connectivity index (χ1n) is 7.85. The molecule has 136 valence electrons. The van der Waals surface area contributed by atoms with Crippen molar-refractivity contribution in [1.29, 1.82) is 0 Å². The number of aliphatic imine (C=N–C) groups is 1. The molecule has 2 N–H and O–H groups in total. The maximum Gasteiger partial charge on any atom is 0.243 e. The average Bonchev–Trinajstić information content (AvgIpc) is 2.48. The summed E-state index contributed by atoms with van der Waals surface area (Å²) >= 11 is 0. The van der Waals surface area contributed by atoms with Crippen LogP contribution in [0, 0.1) is 11.7 Å². The fourth-order valence-electron chi connectivity index (χ4n) is 1.78. The molecule has 24 heavy (non-hydrogen) atoms. The topological polar surface area (TPSA) is 56.7 Å². The molecule has 0 heterocycles.